The minimum absolute atomic E-state index is 0.378. The van der Waals surface area contributed by atoms with Gasteiger partial charge in [-0.2, -0.15) is 0 Å². The average molecular weight is 320 g/mol. The van der Waals surface area contributed by atoms with Crippen molar-refractivity contribution >= 4 is 21.6 Å². The first-order valence-electron chi connectivity index (χ1n) is 6.44. The van der Waals surface area contributed by atoms with Gasteiger partial charge in [-0.05, 0) is 30.5 Å². The second kappa shape index (κ2) is 5.39. The Balaban J connectivity index is 1.97. The zero-order valence-corrected chi connectivity index (χ0v) is 12.2. The largest absolute Gasteiger partial charge is 0.378 e. The van der Waals surface area contributed by atoms with Crippen molar-refractivity contribution in [3.8, 4) is 0 Å². The lowest BCUT2D eigenvalue weighted by molar-refractivity contribution is 0.122. The number of dihydropyridines is 1. The molecule has 4 heteroatoms. The first-order valence-corrected chi connectivity index (χ1v) is 7.23. The van der Waals surface area contributed by atoms with Crippen molar-refractivity contribution in [3.05, 3.63) is 54.3 Å². The van der Waals surface area contributed by atoms with Gasteiger partial charge in [0, 0.05) is 24.3 Å². The van der Waals surface area contributed by atoms with Gasteiger partial charge in [-0.15, -0.1) is 0 Å². The van der Waals surface area contributed by atoms with Gasteiger partial charge in [0.2, 0.25) is 0 Å². The van der Waals surface area contributed by atoms with Crippen LogP contribution >= 0.6 is 15.9 Å². The van der Waals surface area contributed by atoms with Crippen LogP contribution in [0.1, 0.15) is 5.56 Å². The fraction of sp³-hybridized carbons (Fsp3) is 0.333. The van der Waals surface area contributed by atoms with Crippen LogP contribution in [0.5, 0.6) is 0 Å². The Hall–Kier alpha value is -1.26. The summed E-state index contributed by atoms with van der Waals surface area (Å²) in [5, 5.41) is 3.35. The van der Waals surface area contributed by atoms with E-state index in [9.17, 15) is 0 Å². The number of benzene rings is 1. The number of rotatable bonds is 2. The first kappa shape index (κ1) is 12.8. The van der Waals surface area contributed by atoms with E-state index in [1.807, 2.05) is 18.4 Å². The van der Waals surface area contributed by atoms with E-state index in [0.717, 1.165) is 26.3 Å². The molecule has 1 saturated heterocycles. The van der Waals surface area contributed by atoms with E-state index in [2.05, 4.69) is 56.5 Å². The third kappa shape index (κ3) is 2.55. The standard InChI is InChI=1S/C15H16BrN2O/c16-15(7-3-4-8-17-15)13-5-1-2-6-14(13)18-9-11-19-12-10-18/h1-2,4-8,17H,9-12H2. The Kier molecular flexibility index (Phi) is 3.62. The van der Waals surface area contributed by atoms with E-state index in [4.69, 9.17) is 4.74 Å². The minimum Gasteiger partial charge on any atom is -0.378 e. The highest BCUT2D eigenvalue weighted by Gasteiger charge is 2.30. The summed E-state index contributed by atoms with van der Waals surface area (Å²) in [6.45, 7) is 3.45. The van der Waals surface area contributed by atoms with E-state index in [1.165, 1.54) is 11.3 Å². The molecule has 1 N–H and O–H groups in total. The van der Waals surface area contributed by atoms with Crippen LogP contribution < -0.4 is 10.2 Å². The zero-order valence-electron chi connectivity index (χ0n) is 10.6. The minimum atomic E-state index is -0.378. The second-order valence-electron chi connectivity index (χ2n) is 4.62. The predicted molar refractivity (Wildman–Crippen MR) is 80.2 cm³/mol. The fourth-order valence-corrected chi connectivity index (χ4v) is 3.03. The molecule has 2 aliphatic rings. The summed E-state index contributed by atoms with van der Waals surface area (Å²) in [5.41, 5.74) is 2.44. The van der Waals surface area contributed by atoms with Crippen LogP contribution in [0.4, 0.5) is 5.69 Å². The molecule has 3 nitrogen and oxygen atoms in total. The molecule has 1 fully saturated rings. The molecule has 0 aliphatic carbocycles. The summed E-state index contributed by atoms with van der Waals surface area (Å²) in [4.78, 5) is 2.37. The van der Waals surface area contributed by atoms with Crippen molar-refractivity contribution in [1.82, 2.24) is 5.32 Å². The first-order chi connectivity index (χ1) is 9.30. The van der Waals surface area contributed by atoms with Crippen LogP contribution in [0, 0.1) is 6.08 Å². The van der Waals surface area contributed by atoms with E-state index in [1.54, 1.807) is 0 Å². The maximum atomic E-state index is 5.43. The summed E-state index contributed by atoms with van der Waals surface area (Å²) in [5.74, 6) is 0. The molecule has 2 heterocycles. The van der Waals surface area contributed by atoms with Crippen molar-refractivity contribution < 1.29 is 4.74 Å². The summed E-state index contributed by atoms with van der Waals surface area (Å²) < 4.78 is 5.05. The molecule has 1 radical (unpaired) electrons. The lowest BCUT2D eigenvalue weighted by Crippen LogP contribution is -2.39. The number of nitrogens with one attached hydrogen (secondary N) is 1. The van der Waals surface area contributed by atoms with E-state index >= 15 is 0 Å². The zero-order chi connectivity index (χ0) is 13.1. The highest BCUT2D eigenvalue weighted by atomic mass is 79.9. The highest BCUT2D eigenvalue weighted by molar-refractivity contribution is 9.09. The SMILES string of the molecule is BrC1(c2ccccc2N2CCOCC2)C=[C]C=CN1. The number of morpholine rings is 1. The van der Waals surface area contributed by atoms with Gasteiger partial charge in [-0.1, -0.05) is 34.1 Å². The number of halogens is 1. The smallest absolute Gasteiger partial charge is 0.140 e. The molecule has 0 amide bonds. The van der Waals surface area contributed by atoms with E-state index in [0.29, 0.717) is 0 Å². The number of allylic oxidation sites excluding steroid dienone is 2. The molecular formula is C15H16BrN2O. The third-order valence-corrected chi connectivity index (χ3v) is 4.29. The normalized spacial score (nSPS) is 26.3. The number of ether oxygens (including phenoxy) is 1. The molecule has 19 heavy (non-hydrogen) atoms. The van der Waals surface area contributed by atoms with Crippen LogP contribution in [0.3, 0.4) is 0 Å². The van der Waals surface area contributed by atoms with Gasteiger partial charge in [-0.25, -0.2) is 0 Å². The summed E-state index contributed by atoms with van der Waals surface area (Å²) >= 11 is 3.78. The molecule has 99 valence electrons. The van der Waals surface area contributed by atoms with Crippen LogP contribution in [0.15, 0.2) is 42.6 Å². The fourth-order valence-electron chi connectivity index (χ4n) is 2.43. The van der Waals surface area contributed by atoms with Crippen molar-refractivity contribution in [2.75, 3.05) is 31.2 Å². The average Bonchev–Trinajstić information content (AvgIpc) is 2.49. The van der Waals surface area contributed by atoms with Crippen molar-refractivity contribution in [3.63, 3.8) is 0 Å². The quantitative estimate of drug-likeness (QED) is 0.669. The van der Waals surface area contributed by atoms with Gasteiger partial charge < -0.3 is 15.0 Å². The molecule has 1 aromatic carbocycles. The lowest BCUT2D eigenvalue weighted by atomic mass is 10.0. The Morgan fingerprint density at radius 1 is 1.26 bits per heavy atom. The second-order valence-corrected chi connectivity index (χ2v) is 5.87. The molecule has 0 aromatic heterocycles. The number of alkyl halides is 1. The Morgan fingerprint density at radius 2 is 2.05 bits per heavy atom. The molecule has 0 spiro atoms. The van der Waals surface area contributed by atoms with Gasteiger partial charge in [0.25, 0.3) is 0 Å². The monoisotopic (exact) mass is 319 g/mol. The summed E-state index contributed by atoms with van der Waals surface area (Å²) in [7, 11) is 0. The van der Waals surface area contributed by atoms with Crippen molar-refractivity contribution in [2.45, 2.75) is 4.45 Å². The number of para-hydroxylation sites is 1. The molecule has 2 aliphatic heterocycles. The van der Waals surface area contributed by atoms with Crippen LogP contribution in [-0.2, 0) is 9.19 Å². The Morgan fingerprint density at radius 3 is 2.79 bits per heavy atom. The van der Waals surface area contributed by atoms with Gasteiger partial charge in [0.05, 0.1) is 13.2 Å². The van der Waals surface area contributed by atoms with Crippen LogP contribution in [-0.4, -0.2) is 26.3 Å². The number of nitrogens with zero attached hydrogens (tertiary/aromatic N) is 1. The number of anilines is 1. The van der Waals surface area contributed by atoms with Crippen LogP contribution in [0.25, 0.3) is 0 Å². The number of hydrogen-bond donors (Lipinski definition) is 1. The highest BCUT2D eigenvalue weighted by Crippen LogP contribution is 2.37. The lowest BCUT2D eigenvalue weighted by Gasteiger charge is -2.35. The molecule has 0 bridgehead atoms. The predicted octanol–water partition coefficient (Wildman–Crippen LogP) is 2.55. The van der Waals surface area contributed by atoms with Crippen LogP contribution in [0.2, 0.25) is 0 Å². The Bertz CT molecular complexity index is 509. The summed E-state index contributed by atoms with van der Waals surface area (Å²) in [6, 6.07) is 8.45. The maximum Gasteiger partial charge on any atom is 0.140 e. The van der Waals surface area contributed by atoms with Gasteiger partial charge in [0.15, 0.2) is 0 Å². The molecule has 1 unspecified atom stereocenters. The van der Waals surface area contributed by atoms with Gasteiger partial charge in [0.1, 0.15) is 4.45 Å². The van der Waals surface area contributed by atoms with Crippen molar-refractivity contribution in [2.24, 2.45) is 0 Å². The van der Waals surface area contributed by atoms with Gasteiger partial charge in [-0.3, -0.25) is 0 Å². The molecule has 1 aromatic rings. The number of hydrogen-bond acceptors (Lipinski definition) is 3. The molecule has 3 rings (SSSR count). The molecule has 0 saturated carbocycles. The topological polar surface area (TPSA) is 24.5 Å². The molecule has 1 atom stereocenters. The summed E-state index contributed by atoms with van der Waals surface area (Å²) in [6.07, 6.45) is 8.93. The van der Waals surface area contributed by atoms with Crippen molar-refractivity contribution in [1.29, 1.82) is 0 Å². The maximum absolute atomic E-state index is 5.43. The van der Waals surface area contributed by atoms with E-state index in [-0.39, 0.29) is 4.45 Å². The van der Waals surface area contributed by atoms with E-state index < -0.39 is 0 Å². The molecular weight excluding hydrogens is 304 g/mol. The van der Waals surface area contributed by atoms with Gasteiger partial charge >= 0.3 is 0 Å². The third-order valence-electron chi connectivity index (χ3n) is 3.40. The Labute approximate surface area is 122 Å².